The lowest BCUT2D eigenvalue weighted by Crippen LogP contribution is -2.03. The molecule has 0 spiro atoms. The average Bonchev–Trinajstić information content (AvgIpc) is 2.34. The zero-order valence-electron chi connectivity index (χ0n) is 8.90. The molecule has 0 N–H and O–H groups in total. The van der Waals surface area contributed by atoms with Crippen molar-refractivity contribution in [3.8, 4) is 0 Å². The van der Waals surface area contributed by atoms with Crippen molar-refractivity contribution in [3.63, 3.8) is 0 Å². The van der Waals surface area contributed by atoms with Gasteiger partial charge in [-0.1, -0.05) is 53.0 Å². The highest BCUT2D eigenvalue weighted by Gasteiger charge is 2.22. The molecule has 0 atom stereocenters. The van der Waals surface area contributed by atoms with Crippen molar-refractivity contribution in [1.29, 1.82) is 0 Å². The molecule has 0 amide bonds. The van der Waals surface area contributed by atoms with E-state index in [1.54, 1.807) is 18.2 Å². The predicted octanol–water partition coefficient (Wildman–Crippen LogP) is 4.48. The highest BCUT2D eigenvalue weighted by molar-refractivity contribution is 7.91. The Balaban J connectivity index is 2.70. The SMILES string of the molecule is O=S(=O)(c1ccccc1)c1cc(Cl)cc(Cl)c1Cl. The normalized spacial score (nSPS) is 11.5. The van der Waals surface area contributed by atoms with Gasteiger partial charge in [-0.2, -0.15) is 0 Å². The van der Waals surface area contributed by atoms with Crippen LogP contribution in [0.3, 0.4) is 0 Å². The van der Waals surface area contributed by atoms with Gasteiger partial charge in [0.15, 0.2) is 0 Å². The number of rotatable bonds is 2. The number of hydrogen-bond acceptors (Lipinski definition) is 2. The second-order valence-electron chi connectivity index (χ2n) is 3.52. The van der Waals surface area contributed by atoms with Crippen molar-refractivity contribution >= 4 is 44.6 Å². The van der Waals surface area contributed by atoms with Gasteiger partial charge < -0.3 is 0 Å². The zero-order chi connectivity index (χ0) is 13.3. The van der Waals surface area contributed by atoms with E-state index in [4.69, 9.17) is 34.8 Å². The summed E-state index contributed by atoms with van der Waals surface area (Å²) >= 11 is 17.6. The Hall–Kier alpha value is -0.740. The summed E-state index contributed by atoms with van der Waals surface area (Å²) in [7, 11) is -3.72. The summed E-state index contributed by atoms with van der Waals surface area (Å²) in [5.41, 5.74) is 0. The topological polar surface area (TPSA) is 34.1 Å². The minimum absolute atomic E-state index is 0.0232. The minimum Gasteiger partial charge on any atom is -0.218 e. The summed E-state index contributed by atoms with van der Waals surface area (Å²) < 4.78 is 24.7. The first kappa shape index (κ1) is 13.7. The number of halogens is 3. The summed E-state index contributed by atoms with van der Waals surface area (Å²) in [4.78, 5) is 0.0538. The minimum atomic E-state index is -3.72. The first-order valence-electron chi connectivity index (χ1n) is 4.87. The number of sulfone groups is 1. The van der Waals surface area contributed by atoms with Crippen LogP contribution in [0, 0.1) is 0 Å². The van der Waals surface area contributed by atoms with Crippen molar-refractivity contribution in [2.45, 2.75) is 9.79 Å². The van der Waals surface area contributed by atoms with Gasteiger partial charge in [0.1, 0.15) is 0 Å². The molecule has 0 heterocycles. The monoisotopic (exact) mass is 320 g/mol. The second-order valence-corrected chi connectivity index (χ2v) is 6.66. The Bertz CT molecular complexity index is 682. The fourth-order valence-corrected chi connectivity index (χ4v) is 3.88. The fraction of sp³-hybridized carbons (Fsp3) is 0. The molecule has 6 heteroatoms. The van der Waals surface area contributed by atoms with E-state index in [1.165, 1.54) is 24.3 Å². The molecule has 18 heavy (non-hydrogen) atoms. The van der Waals surface area contributed by atoms with E-state index >= 15 is 0 Å². The van der Waals surface area contributed by atoms with Gasteiger partial charge in [-0.25, -0.2) is 8.42 Å². The molecule has 0 bridgehead atoms. The maximum absolute atomic E-state index is 12.4. The Morgan fingerprint density at radius 2 is 1.50 bits per heavy atom. The summed E-state index contributed by atoms with van der Waals surface area (Å²) in [5.74, 6) is 0. The third-order valence-electron chi connectivity index (χ3n) is 2.30. The lowest BCUT2D eigenvalue weighted by Gasteiger charge is -2.08. The molecule has 0 aliphatic carbocycles. The van der Waals surface area contributed by atoms with Crippen LogP contribution in [0.25, 0.3) is 0 Å². The number of hydrogen-bond donors (Lipinski definition) is 0. The van der Waals surface area contributed by atoms with Crippen LogP contribution in [0.5, 0.6) is 0 Å². The molecule has 94 valence electrons. The molecule has 2 aromatic carbocycles. The van der Waals surface area contributed by atoms with E-state index in [0.29, 0.717) is 0 Å². The Morgan fingerprint density at radius 1 is 0.889 bits per heavy atom. The lowest BCUT2D eigenvalue weighted by atomic mass is 10.3. The van der Waals surface area contributed by atoms with Crippen LogP contribution in [-0.2, 0) is 9.84 Å². The molecule has 0 aliphatic rings. The van der Waals surface area contributed by atoms with Crippen molar-refractivity contribution in [2.75, 3.05) is 0 Å². The Labute approximate surface area is 120 Å². The molecule has 2 rings (SSSR count). The molecule has 0 radical (unpaired) electrons. The van der Waals surface area contributed by atoms with Gasteiger partial charge in [0.2, 0.25) is 9.84 Å². The van der Waals surface area contributed by atoms with Crippen LogP contribution >= 0.6 is 34.8 Å². The Morgan fingerprint density at radius 3 is 2.11 bits per heavy atom. The molecule has 2 aromatic rings. The molecule has 0 unspecified atom stereocenters. The largest absolute Gasteiger partial charge is 0.218 e. The predicted molar refractivity (Wildman–Crippen MR) is 73.4 cm³/mol. The van der Waals surface area contributed by atoms with E-state index < -0.39 is 9.84 Å². The maximum Gasteiger partial charge on any atom is 0.208 e. The standard InChI is InChI=1S/C12H7Cl3O2S/c13-8-6-10(14)12(15)11(7-8)18(16,17)9-4-2-1-3-5-9/h1-7H. The van der Waals surface area contributed by atoms with Gasteiger partial charge in [0, 0.05) is 5.02 Å². The highest BCUT2D eigenvalue weighted by atomic mass is 35.5. The van der Waals surface area contributed by atoms with Crippen molar-refractivity contribution in [1.82, 2.24) is 0 Å². The van der Waals surface area contributed by atoms with Crippen molar-refractivity contribution in [2.24, 2.45) is 0 Å². The van der Waals surface area contributed by atoms with E-state index in [9.17, 15) is 8.42 Å². The van der Waals surface area contributed by atoms with Crippen LogP contribution in [0.4, 0.5) is 0 Å². The highest BCUT2D eigenvalue weighted by Crippen LogP contribution is 2.35. The lowest BCUT2D eigenvalue weighted by molar-refractivity contribution is 0.596. The quantitative estimate of drug-likeness (QED) is 0.764. The maximum atomic E-state index is 12.4. The first-order valence-corrected chi connectivity index (χ1v) is 7.49. The molecule has 0 saturated heterocycles. The smallest absolute Gasteiger partial charge is 0.208 e. The molecule has 0 aliphatic heterocycles. The summed E-state index contributed by atoms with van der Waals surface area (Å²) in [5, 5.41) is 0.308. The molecule has 0 saturated carbocycles. The first-order chi connectivity index (χ1) is 8.43. The summed E-state index contributed by atoms with van der Waals surface area (Å²) in [6.07, 6.45) is 0. The summed E-state index contributed by atoms with van der Waals surface area (Å²) in [6.45, 7) is 0. The van der Waals surface area contributed by atoms with Crippen LogP contribution in [0.2, 0.25) is 15.1 Å². The molecular formula is C12H7Cl3O2S. The molecular weight excluding hydrogens is 315 g/mol. The van der Waals surface area contributed by atoms with Crippen LogP contribution < -0.4 is 0 Å². The van der Waals surface area contributed by atoms with Gasteiger partial charge in [0.05, 0.1) is 19.8 Å². The average molecular weight is 322 g/mol. The van der Waals surface area contributed by atoms with Gasteiger partial charge in [0.25, 0.3) is 0 Å². The van der Waals surface area contributed by atoms with Crippen LogP contribution in [-0.4, -0.2) is 8.42 Å². The molecule has 0 fully saturated rings. The zero-order valence-corrected chi connectivity index (χ0v) is 12.0. The van der Waals surface area contributed by atoms with Crippen molar-refractivity contribution in [3.05, 3.63) is 57.5 Å². The third-order valence-corrected chi connectivity index (χ3v) is 5.23. The Kier molecular flexibility index (Phi) is 3.87. The van der Waals surface area contributed by atoms with Crippen LogP contribution in [0.15, 0.2) is 52.3 Å². The van der Waals surface area contributed by atoms with E-state index in [2.05, 4.69) is 0 Å². The van der Waals surface area contributed by atoms with Gasteiger partial charge in [-0.15, -0.1) is 0 Å². The van der Waals surface area contributed by atoms with E-state index in [1.807, 2.05) is 0 Å². The van der Waals surface area contributed by atoms with Crippen molar-refractivity contribution < 1.29 is 8.42 Å². The number of benzene rings is 2. The summed E-state index contributed by atoms with van der Waals surface area (Å²) in [6, 6.07) is 10.7. The van der Waals surface area contributed by atoms with E-state index in [-0.39, 0.29) is 24.9 Å². The third kappa shape index (κ3) is 2.50. The van der Waals surface area contributed by atoms with E-state index in [0.717, 1.165) is 0 Å². The van der Waals surface area contributed by atoms with Gasteiger partial charge >= 0.3 is 0 Å². The molecule has 0 aromatic heterocycles. The fourth-order valence-electron chi connectivity index (χ4n) is 1.45. The van der Waals surface area contributed by atoms with Gasteiger partial charge in [-0.3, -0.25) is 0 Å². The molecule has 2 nitrogen and oxygen atoms in total. The van der Waals surface area contributed by atoms with Gasteiger partial charge in [-0.05, 0) is 24.3 Å². The second kappa shape index (κ2) is 5.10. The van der Waals surface area contributed by atoms with Crippen LogP contribution in [0.1, 0.15) is 0 Å².